The molecule has 0 saturated carbocycles. The van der Waals surface area contributed by atoms with E-state index in [1.165, 1.54) is 6.07 Å². The Kier molecular flexibility index (Phi) is 5.04. The van der Waals surface area contributed by atoms with Crippen LogP contribution >= 0.6 is 11.6 Å². The Bertz CT molecular complexity index is 483. The van der Waals surface area contributed by atoms with Crippen molar-refractivity contribution in [3.8, 4) is 0 Å². The first-order valence-electron chi connectivity index (χ1n) is 6.04. The Balaban J connectivity index is 2.88. The number of nitrogens with two attached hydrogens (primary N) is 1. The summed E-state index contributed by atoms with van der Waals surface area (Å²) >= 11 is 5.74. The van der Waals surface area contributed by atoms with E-state index < -0.39 is 29.0 Å². The van der Waals surface area contributed by atoms with Crippen LogP contribution in [0.2, 0.25) is 5.02 Å². The van der Waals surface area contributed by atoms with Gasteiger partial charge in [-0.3, -0.25) is 4.79 Å². The smallest absolute Gasteiger partial charge is 0.171 e. The van der Waals surface area contributed by atoms with Crippen LogP contribution in [0.25, 0.3) is 0 Å². The molecule has 0 fully saturated rings. The van der Waals surface area contributed by atoms with Crippen LogP contribution in [0.5, 0.6) is 0 Å². The molecule has 1 aromatic carbocycles. The molecule has 5 heteroatoms. The molecule has 1 rings (SSSR count). The maximum atomic E-state index is 13.6. The van der Waals surface area contributed by atoms with Crippen molar-refractivity contribution in [1.29, 1.82) is 0 Å². The second-order valence-electron chi connectivity index (χ2n) is 5.87. The third-order valence-corrected chi connectivity index (χ3v) is 2.96. The molecule has 0 heterocycles. The van der Waals surface area contributed by atoms with E-state index in [0.717, 1.165) is 6.07 Å². The normalized spacial score (nSPS) is 13.4. The maximum absolute atomic E-state index is 13.6. The summed E-state index contributed by atoms with van der Waals surface area (Å²) in [6.07, 6.45) is 0.546. The Labute approximate surface area is 116 Å². The highest BCUT2D eigenvalue weighted by Gasteiger charge is 2.23. The van der Waals surface area contributed by atoms with Gasteiger partial charge < -0.3 is 5.73 Å². The average Bonchev–Trinajstić information content (AvgIpc) is 2.21. The minimum absolute atomic E-state index is 0.0377. The van der Waals surface area contributed by atoms with Gasteiger partial charge in [0.1, 0.15) is 0 Å². The van der Waals surface area contributed by atoms with E-state index in [1.54, 1.807) is 0 Å². The van der Waals surface area contributed by atoms with Gasteiger partial charge >= 0.3 is 0 Å². The lowest BCUT2D eigenvalue weighted by Crippen LogP contribution is -2.29. The van der Waals surface area contributed by atoms with E-state index in [0.29, 0.717) is 6.42 Å². The molecule has 2 N–H and O–H groups in total. The molecule has 19 heavy (non-hydrogen) atoms. The molecule has 0 bridgehead atoms. The van der Waals surface area contributed by atoms with Gasteiger partial charge in [-0.15, -0.1) is 0 Å². The summed E-state index contributed by atoms with van der Waals surface area (Å²) in [4.78, 5) is 12.0. The summed E-state index contributed by atoms with van der Waals surface area (Å²) in [7, 11) is 0. The maximum Gasteiger partial charge on any atom is 0.171 e. The van der Waals surface area contributed by atoms with E-state index in [9.17, 15) is 13.6 Å². The van der Waals surface area contributed by atoms with Crippen LogP contribution in [-0.4, -0.2) is 11.8 Å². The first-order chi connectivity index (χ1) is 8.61. The fraction of sp³-hybridized carbons (Fsp3) is 0.500. The van der Waals surface area contributed by atoms with Crippen LogP contribution in [0.3, 0.4) is 0 Å². The number of halogens is 3. The van der Waals surface area contributed by atoms with Gasteiger partial charge in [0.2, 0.25) is 0 Å². The Morgan fingerprint density at radius 2 is 1.95 bits per heavy atom. The van der Waals surface area contributed by atoms with Crippen molar-refractivity contribution in [1.82, 2.24) is 0 Å². The molecule has 0 aliphatic carbocycles. The van der Waals surface area contributed by atoms with Crippen molar-refractivity contribution in [3.63, 3.8) is 0 Å². The molecule has 106 valence electrons. The van der Waals surface area contributed by atoms with Gasteiger partial charge in [0.05, 0.1) is 10.6 Å². The predicted molar refractivity (Wildman–Crippen MR) is 72.4 cm³/mol. The van der Waals surface area contributed by atoms with Crippen molar-refractivity contribution < 1.29 is 13.6 Å². The quantitative estimate of drug-likeness (QED) is 0.673. The van der Waals surface area contributed by atoms with E-state index in [1.807, 2.05) is 20.8 Å². The molecule has 0 aromatic heterocycles. The third kappa shape index (κ3) is 4.55. The average molecular weight is 290 g/mol. The van der Waals surface area contributed by atoms with Gasteiger partial charge in [-0.25, -0.2) is 8.78 Å². The largest absolute Gasteiger partial charge is 0.327 e. The summed E-state index contributed by atoms with van der Waals surface area (Å²) in [5.41, 5.74) is 5.41. The molecule has 1 atom stereocenters. The summed E-state index contributed by atoms with van der Waals surface area (Å²) in [6, 6.07) is 1.65. The van der Waals surface area contributed by atoms with Crippen molar-refractivity contribution in [2.45, 2.75) is 39.7 Å². The minimum atomic E-state index is -1.21. The summed E-state index contributed by atoms with van der Waals surface area (Å²) in [5, 5.41) is -0.0909. The van der Waals surface area contributed by atoms with Crippen LogP contribution in [0.15, 0.2) is 12.1 Å². The lowest BCUT2D eigenvalue weighted by Gasteiger charge is -2.22. The first-order valence-corrected chi connectivity index (χ1v) is 6.42. The van der Waals surface area contributed by atoms with E-state index in [4.69, 9.17) is 17.3 Å². The van der Waals surface area contributed by atoms with Crippen LogP contribution < -0.4 is 5.73 Å². The minimum Gasteiger partial charge on any atom is -0.327 e. The summed E-state index contributed by atoms with van der Waals surface area (Å²) in [5.74, 6) is -2.86. The zero-order valence-corrected chi connectivity index (χ0v) is 12.0. The highest BCUT2D eigenvalue weighted by Crippen LogP contribution is 2.26. The number of carbonyl (C=O) groups is 1. The SMILES string of the molecule is CC(C)(C)CC(N)CC(=O)c1c(Cl)ccc(F)c1F. The number of carbonyl (C=O) groups excluding carboxylic acids is 1. The third-order valence-electron chi connectivity index (χ3n) is 2.64. The number of hydrogen-bond donors (Lipinski definition) is 1. The van der Waals surface area contributed by atoms with Gasteiger partial charge in [0.15, 0.2) is 17.4 Å². The van der Waals surface area contributed by atoms with Crippen molar-refractivity contribution in [3.05, 3.63) is 34.4 Å². The molecule has 0 saturated heterocycles. The monoisotopic (exact) mass is 289 g/mol. The zero-order valence-electron chi connectivity index (χ0n) is 11.3. The summed E-state index contributed by atoms with van der Waals surface area (Å²) < 4.78 is 26.7. The predicted octanol–water partition coefficient (Wildman–Crippen LogP) is 3.95. The number of benzene rings is 1. The zero-order chi connectivity index (χ0) is 14.8. The van der Waals surface area contributed by atoms with Crippen molar-refractivity contribution >= 4 is 17.4 Å². The van der Waals surface area contributed by atoms with E-state index in [-0.39, 0.29) is 16.9 Å². The van der Waals surface area contributed by atoms with Gasteiger partial charge in [0.25, 0.3) is 0 Å². The molecule has 0 aliphatic heterocycles. The van der Waals surface area contributed by atoms with Crippen molar-refractivity contribution in [2.24, 2.45) is 11.1 Å². The molecule has 0 aliphatic rings. The molecular weight excluding hydrogens is 272 g/mol. The topological polar surface area (TPSA) is 43.1 Å². The van der Waals surface area contributed by atoms with Crippen LogP contribution in [0.1, 0.15) is 44.0 Å². The van der Waals surface area contributed by atoms with Crippen LogP contribution in [0, 0.1) is 17.0 Å². The molecular formula is C14H18ClF2NO. The number of Topliss-reactive ketones (excluding diaryl/α,β-unsaturated/α-hetero) is 1. The lowest BCUT2D eigenvalue weighted by atomic mass is 9.86. The molecule has 1 unspecified atom stereocenters. The fourth-order valence-corrected chi connectivity index (χ4v) is 2.23. The molecule has 2 nitrogen and oxygen atoms in total. The molecule has 0 amide bonds. The Morgan fingerprint density at radius 1 is 1.37 bits per heavy atom. The standard InChI is InChI=1S/C14H18ClF2NO/c1-14(2,3)7-8(18)6-11(19)12-9(15)4-5-10(16)13(12)17/h4-5,8H,6-7,18H2,1-3H3. The Morgan fingerprint density at radius 3 is 2.47 bits per heavy atom. The van der Waals surface area contributed by atoms with Gasteiger partial charge in [0, 0.05) is 12.5 Å². The summed E-state index contributed by atoms with van der Waals surface area (Å²) in [6.45, 7) is 5.98. The molecule has 1 aromatic rings. The second-order valence-corrected chi connectivity index (χ2v) is 6.28. The molecule has 0 spiro atoms. The second kappa shape index (κ2) is 5.97. The van der Waals surface area contributed by atoms with Crippen molar-refractivity contribution in [2.75, 3.05) is 0 Å². The highest BCUT2D eigenvalue weighted by atomic mass is 35.5. The van der Waals surface area contributed by atoms with Gasteiger partial charge in [-0.05, 0) is 24.0 Å². The first kappa shape index (κ1) is 16.1. The van der Waals surface area contributed by atoms with E-state index in [2.05, 4.69) is 0 Å². The number of hydrogen-bond acceptors (Lipinski definition) is 2. The van der Waals surface area contributed by atoms with E-state index >= 15 is 0 Å². The fourth-order valence-electron chi connectivity index (χ4n) is 1.98. The number of ketones is 1. The highest BCUT2D eigenvalue weighted by molar-refractivity contribution is 6.34. The Hall–Kier alpha value is -1.00. The molecule has 0 radical (unpaired) electrons. The van der Waals surface area contributed by atoms with Gasteiger partial charge in [-0.1, -0.05) is 32.4 Å². The lowest BCUT2D eigenvalue weighted by molar-refractivity contribution is 0.0963. The van der Waals surface area contributed by atoms with Crippen LogP contribution in [0.4, 0.5) is 8.78 Å². The van der Waals surface area contributed by atoms with Gasteiger partial charge in [-0.2, -0.15) is 0 Å². The van der Waals surface area contributed by atoms with Crippen LogP contribution in [-0.2, 0) is 0 Å². The number of rotatable bonds is 4.